The van der Waals surface area contributed by atoms with Crippen molar-refractivity contribution >= 4 is 17.9 Å². The number of para-hydroxylation sites is 1. The van der Waals surface area contributed by atoms with Gasteiger partial charge in [-0.2, -0.15) is 10.4 Å². The summed E-state index contributed by atoms with van der Waals surface area (Å²) >= 11 is 0. The maximum Gasteiger partial charge on any atom is 0.271 e. The molecule has 7 nitrogen and oxygen atoms in total. The van der Waals surface area contributed by atoms with Crippen LogP contribution in [0.5, 0.6) is 5.75 Å². The number of rotatable bonds is 10. The molecule has 0 fully saturated rings. The van der Waals surface area contributed by atoms with Gasteiger partial charge in [0.2, 0.25) is 0 Å². The van der Waals surface area contributed by atoms with Crippen LogP contribution in [0.3, 0.4) is 0 Å². The smallest absolute Gasteiger partial charge is 0.271 e. The van der Waals surface area contributed by atoms with Gasteiger partial charge in [-0.3, -0.25) is 14.5 Å². The van der Waals surface area contributed by atoms with Gasteiger partial charge in [0.15, 0.2) is 0 Å². The molecule has 0 saturated carbocycles. The monoisotopic (exact) mass is 508 g/mol. The first-order chi connectivity index (χ1) is 18.5. The van der Waals surface area contributed by atoms with Crippen LogP contribution >= 0.6 is 0 Å². The van der Waals surface area contributed by atoms with Crippen LogP contribution in [-0.2, 0) is 9.59 Å². The summed E-state index contributed by atoms with van der Waals surface area (Å²) in [5, 5.41) is 14.6. The van der Waals surface area contributed by atoms with E-state index >= 15 is 0 Å². The molecule has 1 aliphatic heterocycles. The average Bonchev–Trinajstić information content (AvgIpc) is 3.36. The number of ether oxygens (including phenoxy) is 1. The average molecular weight is 509 g/mol. The molecule has 1 aliphatic rings. The first kappa shape index (κ1) is 26.6. The van der Waals surface area contributed by atoms with Crippen molar-refractivity contribution in [2.75, 3.05) is 13.2 Å². The van der Waals surface area contributed by atoms with Gasteiger partial charge in [0.05, 0.1) is 12.3 Å². The zero-order chi connectivity index (χ0) is 27.1. The van der Waals surface area contributed by atoms with Crippen LogP contribution in [0.4, 0.5) is 0 Å². The molecule has 0 aliphatic carbocycles. The van der Waals surface area contributed by atoms with E-state index in [1.165, 1.54) is 4.90 Å². The summed E-state index contributed by atoms with van der Waals surface area (Å²) in [5.74, 6) is -0.176. The summed E-state index contributed by atoms with van der Waals surface area (Å²) in [6, 6.07) is 19.5. The standard InChI is InChI=1S/C31H32N4O3/c1-4-6-16-34-30(36)27(22(3)28(20-32)31(34)37)19-24-21-35(25-13-9-8-10-14-25)33-29(24)23-12-11-15-26(18-23)38-17-7-5-2/h8-15,18-19,21H,4-7,16-17H2,1-3H3/b27-19+. The zero-order valence-electron chi connectivity index (χ0n) is 22.1. The number of hydrogen-bond donors (Lipinski definition) is 0. The Hall–Kier alpha value is -4.44. The Bertz CT molecular complexity index is 1430. The highest BCUT2D eigenvalue weighted by molar-refractivity contribution is 6.19. The van der Waals surface area contributed by atoms with Crippen molar-refractivity contribution in [2.45, 2.75) is 46.5 Å². The molecule has 2 heterocycles. The molecule has 0 spiro atoms. The molecule has 194 valence electrons. The number of imide groups is 1. The number of amides is 2. The van der Waals surface area contributed by atoms with E-state index in [1.807, 2.05) is 73.8 Å². The predicted molar refractivity (Wildman–Crippen MR) is 147 cm³/mol. The molecular formula is C31H32N4O3. The Balaban J connectivity index is 1.85. The number of hydrogen-bond acceptors (Lipinski definition) is 5. The molecule has 3 aromatic rings. The van der Waals surface area contributed by atoms with Crippen molar-refractivity contribution in [1.82, 2.24) is 14.7 Å². The van der Waals surface area contributed by atoms with Crippen molar-refractivity contribution in [2.24, 2.45) is 0 Å². The number of carbonyl (C=O) groups is 2. The summed E-state index contributed by atoms with van der Waals surface area (Å²) in [6.07, 6.45) is 7.11. The fourth-order valence-corrected chi connectivity index (χ4v) is 4.30. The van der Waals surface area contributed by atoms with Crippen molar-refractivity contribution in [1.29, 1.82) is 5.26 Å². The van der Waals surface area contributed by atoms with Crippen LogP contribution in [0.25, 0.3) is 23.0 Å². The number of aromatic nitrogens is 2. The molecule has 0 N–H and O–H groups in total. The quantitative estimate of drug-likeness (QED) is 0.187. The third kappa shape index (κ3) is 5.60. The lowest BCUT2D eigenvalue weighted by molar-refractivity contribution is -0.140. The maximum absolute atomic E-state index is 13.5. The van der Waals surface area contributed by atoms with E-state index in [9.17, 15) is 14.9 Å². The van der Waals surface area contributed by atoms with Crippen LogP contribution in [0.1, 0.15) is 52.0 Å². The third-order valence-electron chi connectivity index (χ3n) is 6.50. The topological polar surface area (TPSA) is 88.2 Å². The number of carbonyl (C=O) groups excluding carboxylic acids is 2. The molecule has 0 saturated heterocycles. The SMILES string of the molecule is CCCCOc1cccc(-c2nn(-c3ccccc3)cc2/C=C2/C(=O)N(CCCC)C(=O)C(C#N)=C2C)c1. The summed E-state index contributed by atoms with van der Waals surface area (Å²) in [6.45, 7) is 6.67. The molecule has 0 atom stereocenters. The fraction of sp³-hybridized carbons (Fsp3) is 0.290. The van der Waals surface area contributed by atoms with E-state index in [2.05, 4.69) is 6.92 Å². The lowest BCUT2D eigenvalue weighted by Crippen LogP contribution is -2.43. The first-order valence-electron chi connectivity index (χ1n) is 13.1. The van der Waals surface area contributed by atoms with Gasteiger partial charge in [0.1, 0.15) is 23.1 Å². The van der Waals surface area contributed by atoms with Gasteiger partial charge in [-0.25, -0.2) is 4.68 Å². The van der Waals surface area contributed by atoms with E-state index in [-0.39, 0.29) is 12.1 Å². The zero-order valence-corrected chi connectivity index (χ0v) is 22.1. The molecule has 0 bridgehead atoms. The van der Waals surface area contributed by atoms with Gasteiger partial charge < -0.3 is 4.74 Å². The Labute approximate surface area is 223 Å². The molecule has 2 amide bonds. The van der Waals surface area contributed by atoms with Gasteiger partial charge in [0, 0.05) is 29.4 Å². The van der Waals surface area contributed by atoms with Gasteiger partial charge in [0.25, 0.3) is 11.8 Å². The maximum atomic E-state index is 13.5. The van der Waals surface area contributed by atoms with Gasteiger partial charge >= 0.3 is 0 Å². The summed E-state index contributed by atoms with van der Waals surface area (Å²) in [5.41, 5.74) is 3.77. The Kier molecular flexibility index (Phi) is 8.55. The van der Waals surface area contributed by atoms with E-state index in [0.717, 1.165) is 36.3 Å². The predicted octanol–water partition coefficient (Wildman–Crippen LogP) is 6.11. The van der Waals surface area contributed by atoms with Gasteiger partial charge in [-0.1, -0.05) is 57.0 Å². The van der Waals surface area contributed by atoms with Crippen LogP contribution in [0.15, 0.2) is 77.5 Å². The summed E-state index contributed by atoms with van der Waals surface area (Å²) in [4.78, 5) is 27.5. The van der Waals surface area contributed by atoms with Crippen LogP contribution < -0.4 is 4.74 Å². The molecule has 4 rings (SSSR count). The largest absolute Gasteiger partial charge is 0.494 e. The van der Waals surface area contributed by atoms with Gasteiger partial charge in [-0.05, 0) is 55.7 Å². The third-order valence-corrected chi connectivity index (χ3v) is 6.50. The number of unbranched alkanes of at least 4 members (excludes halogenated alkanes) is 2. The molecule has 1 aromatic heterocycles. The molecule has 0 unspecified atom stereocenters. The first-order valence-corrected chi connectivity index (χ1v) is 13.1. The van der Waals surface area contributed by atoms with E-state index in [0.29, 0.717) is 35.4 Å². The van der Waals surface area contributed by atoms with E-state index in [4.69, 9.17) is 9.84 Å². The minimum atomic E-state index is -0.530. The minimum Gasteiger partial charge on any atom is -0.494 e. The Morgan fingerprint density at radius 3 is 2.47 bits per heavy atom. The summed E-state index contributed by atoms with van der Waals surface area (Å²) in [7, 11) is 0. The molecular weight excluding hydrogens is 476 g/mol. The van der Waals surface area contributed by atoms with Crippen molar-refractivity contribution < 1.29 is 14.3 Å². The molecule has 0 radical (unpaired) electrons. The normalized spacial score (nSPS) is 14.8. The number of nitrogens with zero attached hydrogens (tertiary/aromatic N) is 4. The summed E-state index contributed by atoms with van der Waals surface area (Å²) < 4.78 is 7.69. The van der Waals surface area contributed by atoms with E-state index < -0.39 is 11.8 Å². The van der Waals surface area contributed by atoms with Crippen LogP contribution in [0, 0.1) is 11.3 Å². The highest BCUT2D eigenvalue weighted by Gasteiger charge is 2.35. The van der Waals surface area contributed by atoms with E-state index in [1.54, 1.807) is 17.7 Å². The lowest BCUT2D eigenvalue weighted by Gasteiger charge is -2.27. The molecule has 2 aromatic carbocycles. The second-order valence-electron chi connectivity index (χ2n) is 9.23. The molecule has 38 heavy (non-hydrogen) atoms. The number of nitriles is 1. The second-order valence-corrected chi connectivity index (χ2v) is 9.23. The highest BCUT2D eigenvalue weighted by atomic mass is 16.5. The van der Waals surface area contributed by atoms with Crippen LogP contribution in [0.2, 0.25) is 0 Å². The fourth-order valence-electron chi connectivity index (χ4n) is 4.30. The van der Waals surface area contributed by atoms with Gasteiger partial charge in [-0.15, -0.1) is 0 Å². The second kappa shape index (κ2) is 12.2. The van der Waals surface area contributed by atoms with Crippen molar-refractivity contribution in [3.63, 3.8) is 0 Å². The van der Waals surface area contributed by atoms with Crippen molar-refractivity contribution in [3.05, 3.63) is 83.1 Å². The minimum absolute atomic E-state index is 0.00437. The Morgan fingerprint density at radius 1 is 1.00 bits per heavy atom. The van der Waals surface area contributed by atoms with Crippen molar-refractivity contribution in [3.8, 4) is 28.8 Å². The number of benzene rings is 2. The molecule has 7 heteroatoms. The van der Waals surface area contributed by atoms with Crippen LogP contribution in [-0.4, -0.2) is 39.6 Å². The highest BCUT2D eigenvalue weighted by Crippen LogP contribution is 2.32. The lowest BCUT2D eigenvalue weighted by atomic mass is 9.93. The Morgan fingerprint density at radius 2 is 1.76 bits per heavy atom.